The van der Waals surface area contributed by atoms with Crippen LogP contribution < -0.4 is 0 Å². The first-order valence-electron chi connectivity index (χ1n) is 4.59. The van der Waals surface area contributed by atoms with Crippen molar-refractivity contribution >= 4 is 11.8 Å². The molecule has 0 aromatic carbocycles. The molecule has 0 N–H and O–H groups in total. The van der Waals surface area contributed by atoms with Crippen LogP contribution in [0.2, 0.25) is 0 Å². The van der Waals surface area contributed by atoms with Gasteiger partial charge in [-0.2, -0.15) is 0 Å². The van der Waals surface area contributed by atoms with E-state index in [-0.39, 0.29) is 4.93 Å². The Morgan fingerprint density at radius 3 is 2.25 bits per heavy atom. The van der Waals surface area contributed by atoms with Gasteiger partial charge in [0.1, 0.15) is 4.93 Å². The SMILES string of the molecule is CC1(C)OCC(C(C)(C)C)CS1. The highest BCUT2D eigenvalue weighted by Crippen LogP contribution is 2.39. The minimum absolute atomic E-state index is 0.0434. The van der Waals surface area contributed by atoms with Crippen molar-refractivity contribution in [3.63, 3.8) is 0 Å². The van der Waals surface area contributed by atoms with Crippen LogP contribution in [0, 0.1) is 11.3 Å². The average molecular weight is 188 g/mol. The van der Waals surface area contributed by atoms with E-state index in [0.29, 0.717) is 11.3 Å². The summed E-state index contributed by atoms with van der Waals surface area (Å²) in [6, 6.07) is 0. The molecule has 0 aromatic rings. The van der Waals surface area contributed by atoms with Crippen molar-refractivity contribution in [1.82, 2.24) is 0 Å². The van der Waals surface area contributed by atoms with E-state index in [9.17, 15) is 0 Å². The van der Waals surface area contributed by atoms with Crippen molar-refractivity contribution in [2.45, 2.75) is 39.6 Å². The molecule has 12 heavy (non-hydrogen) atoms. The van der Waals surface area contributed by atoms with Crippen LogP contribution in [-0.2, 0) is 4.74 Å². The van der Waals surface area contributed by atoms with Crippen LogP contribution in [0.3, 0.4) is 0 Å². The van der Waals surface area contributed by atoms with Gasteiger partial charge in [-0.1, -0.05) is 20.8 Å². The topological polar surface area (TPSA) is 9.23 Å². The van der Waals surface area contributed by atoms with Gasteiger partial charge in [0, 0.05) is 5.75 Å². The maximum Gasteiger partial charge on any atom is 0.108 e. The lowest BCUT2D eigenvalue weighted by atomic mass is 9.82. The Hall–Kier alpha value is 0.310. The summed E-state index contributed by atoms with van der Waals surface area (Å²) in [6.07, 6.45) is 0. The monoisotopic (exact) mass is 188 g/mol. The zero-order valence-electron chi connectivity index (χ0n) is 8.81. The zero-order chi connectivity index (χ0) is 9.41. The predicted octanol–water partition coefficient (Wildman–Crippen LogP) is 3.15. The normalized spacial score (nSPS) is 30.2. The molecule has 1 saturated heterocycles. The average Bonchev–Trinajstić information content (AvgIpc) is 1.83. The molecule has 1 aliphatic heterocycles. The van der Waals surface area contributed by atoms with Crippen LogP contribution in [-0.4, -0.2) is 17.3 Å². The summed E-state index contributed by atoms with van der Waals surface area (Å²) in [7, 11) is 0. The van der Waals surface area contributed by atoms with Crippen molar-refractivity contribution in [3.8, 4) is 0 Å². The van der Waals surface area contributed by atoms with Gasteiger partial charge in [-0.3, -0.25) is 0 Å². The van der Waals surface area contributed by atoms with Crippen molar-refractivity contribution in [2.24, 2.45) is 11.3 Å². The van der Waals surface area contributed by atoms with Gasteiger partial charge in [0.15, 0.2) is 0 Å². The number of thioether (sulfide) groups is 1. The summed E-state index contributed by atoms with van der Waals surface area (Å²) >= 11 is 1.93. The molecule has 72 valence electrons. The van der Waals surface area contributed by atoms with Crippen molar-refractivity contribution in [3.05, 3.63) is 0 Å². The fourth-order valence-corrected chi connectivity index (χ4v) is 2.54. The first-order chi connectivity index (χ1) is 5.31. The lowest BCUT2D eigenvalue weighted by Crippen LogP contribution is -2.37. The quantitative estimate of drug-likeness (QED) is 0.577. The van der Waals surface area contributed by atoms with Crippen molar-refractivity contribution in [1.29, 1.82) is 0 Å². The first kappa shape index (κ1) is 10.4. The van der Waals surface area contributed by atoms with Crippen LogP contribution >= 0.6 is 11.8 Å². The van der Waals surface area contributed by atoms with Crippen LogP contribution in [0.4, 0.5) is 0 Å². The molecule has 0 aliphatic carbocycles. The smallest absolute Gasteiger partial charge is 0.108 e. The highest BCUT2D eigenvalue weighted by Gasteiger charge is 2.34. The molecule has 1 nitrogen and oxygen atoms in total. The highest BCUT2D eigenvalue weighted by molar-refractivity contribution is 8.00. The van der Waals surface area contributed by atoms with Crippen LogP contribution in [0.5, 0.6) is 0 Å². The van der Waals surface area contributed by atoms with Crippen LogP contribution in [0.1, 0.15) is 34.6 Å². The van der Waals surface area contributed by atoms with Crippen LogP contribution in [0.25, 0.3) is 0 Å². The summed E-state index contributed by atoms with van der Waals surface area (Å²) in [5.41, 5.74) is 0.392. The Labute approximate surface area is 80.3 Å². The Bertz CT molecular complexity index is 148. The summed E-state index contributed by atoms with van der Waals surface area (Å²) in [5.74, 6) is 1.94. The van der Waals surface area contributed by atoms with E-state index < -0.39 is 0 Å². The van der Waals surface area contributed by atoms with Gasteiger partial charge in [0.05, 0.1) is 6.61 Å². The summed E-state index contributed by atoms with van der Waals surface area (Å²) in [5, 5.41) is 0. The van der Waals surface area contributed by atoms with Gasteiger partial charge in [0.25, 0.3) is 0 Å². The lowest BCUT2D eigenvalue weighted by Gasteiger charge is -2.40. The molecule has 0 aromatic heterocycles. The molecular formula is C10H20OS. The predicted molar refractivity (Wildman–Crippen MR) is 55.4 cm³/mol. The second kappa shape index (κ2) is 3.22. The number of rotatable bonds is 0. The second-order valence-corrected chi connectivity index (χ2v) is 6.69. The van der Waals surface area contributed by atoms with E-state index in [1.165, 1.54) is 5.75 Å². The minimum Gasteiger partial charge on any atom is -0.365 e. The van der Waals surface area contributed by atoms with E-state index in [4.69, 9.17) is 4.74 Å². The standard InChI is InChI=1S/C10H20OS/c1-9(2,3)8-6-11-10(4,5)12-7-8/h8H,6-7H2,1-5H3. The maximum atomic E-state index is 5.77. The number of hydrogen-bond acceptors (Lipinski definition) is 2. The van der Waals surface area contributed by atoms with Gasteiger partial charge >= 0.3 is 0 Å². The third kappa shape index (κ3) is 2.67. The highest BCUT2D eigenvalue weighted by atomic mass is 32.2. The number of ether oxygens (including phenoxy) is 1. The zero-order valence-corrected chi connectivity index (χ0v) is 9.62. The van der Waals surface area contributed by atoms with Gasteiger partial charge in [-0.15, -0.1) is 11.8 Å². The number of hydrogen-bond donors (Lipinski definition) is 0. The third-order valence-electron chi connectivity index (χ3n) is 2.49. The summed E-state index contributed by atoms with van der Waals surface area (Å²) in [4.78, 5) is 0.0434. The third-order valence-corrected chi connectivity index (χ3v) is 3.87. The van der Waals surface area contributed by atoms with Crippen LogP contribution in [0.15, 0.2) is 0 Å². The molecule has 2 heteroatoms. The Morgan fingerprint density at radius 1 is 1.33 bits per heavy atom. The minimum atomic E-state index is 0.0434. The lowest BCUT2D eigenvalue weighted by molar-refractivity contribution is -0.00365. The molecule has 1 aliphatic rings. The first-order valence-corrected chi connectivity index (χ1v) is 5.58. The van der Waals surface area contributed by atoms with Gasteiger partial charge in [-0.05, 0) is 25.2 Å². The second-order valence-electron chi connectivity index (χ2n) is 5.08. The largest absolute Gasteiger partial charge is 0.365 e. The van der Waals surface area contributed by atoms with Crippen molar-refractivity contribution in [2.75, 3.05) is 12.4 Å². The van der Waals surface area contributed by atoms with Gasteiger partial charge in [0.2, 0.25) is 0 Å². The van der Waals surface area contributed by atoms with Crippen molar-refractivity contribution < 1.29 is 4.74 Å². The Kier molecular flexibility index (Phi) is 2.79. The fraction of sp³-hybridized carbons (Fsp3) is 1.00. The Balaban J connectivity index is 2.47. The molecule has 0 bridgehead atoms. The van der Waals surface area contributed by atoms with Gasteiger partial charge < -0.3 is 4.74 Å². The van der Waals surface area contributed by atoms with E-state index in [1.54, 1.807) is 0 Å². The molecule has 1 atom stereocenters. The summed E-state index contributed by atoms with van der Waals surface area (Å²) in [6.45, 7) is 12.1. The molecular weight excluding hydrogens is 168 g/mol. The molecule has 1 fully saturated rings. The Morgan fingerprint density at radius 2 is 1.92 bits per heavy atom. The van der Waals surface area contributed by atoms with E-state index in [0.717, 1.165) is 6.61 Å². The van der Waals surface area contributed by atoms with E-state index in [1.807, 2.05) is 11.8 Å². The fourth-order valence-electron chi connectivity index (χ4n) is 1.19. The molecule has 1 heterocycles. The molecule has 1 rings (SSSR count). The molecule has 1 unspecified atom stereocenters. The van der Waals surface area contributed by atoms with E-state index in [2.05, 4.69) is 34.6 Å². The molecule has 0 amide bonds. The maximum absolute atomic E-state index is 5.77. The van der Waals surface area contributed by atoms with E-state index >= 15 is 0 Å². The van der Waals surface area contributed by atoms with Gasteiger partial charge in [-0.25, -0.2) is 0 Å². The molecule has 0 saturated carbocycles. The molecule has 0 radical (unpaired) electrons. The summed E-state index contributed by atoms with van der Waals surface area (Å²) < 4.78 is 5.77. The molecule has 0 spiro atoms.